The predicted molar refractivity (Wildman–Crippen MR) is 83.8 cm³/mol. The maximum Gasteiger partial charge on any atom is 0.323 e. The van der Waals surface area contributed by atoms with Gasteiger partial charge in [0.05, 0.1) is 12.1 Å². The van der Waals surface area contributed by atoms with Crippen molar-refractivity contribution in [1.29, 1.82) is 0 Å². The number of hydrogen-bond donors (Lipinski definition) is 2. The van der Waals surface area contributed by atoms with Crippen LogP contribution in [-0.4, -0.2) is 45.4 Å². The third kappa shape index (κ3) is 5.44. The van der Waals surface area contributed by atoms with Gasteiger partial charge in [-0.05, 0) is 13.8 Å². The molecule has 1 aromatic rings. The van der Waals surface area contributed by atoms with Gasteiger partial charge in [-0.3, -0.25) is 14.4 Å². The average Bonchev–Trinajstić information content (AvgIpc) is 2.82. The lowest BCUT2D eigenvalue weighted by atomic mass is 10.2. The third-order valence-corrected chi connectivity index (χ3v) is 3.69. The van der Waals surface area contributed by atoms with Crippen molar-refractivity contribution in [3.05, 3.63) is 11.1 Å². The molecule has 1 heterocycles. The molecule has 0 unspecified atom stereocenters. The minimum absolute atomic E-state index is 0.0134. The van der Waals surface area contributed by atoms with E-state index in [0.29, 0.717) is 10.8 Å². The fourth-order valence-corrected chi connectivity index (χ4v) is 2.37. The number of aliphatic carboxylic acids is 1. The Bertz CT molecular complexity index is 554. The standard InChI is InChI=1S/C14H21N3O4S/c1-8(2)13(21)16-14-15-10(7-22-14)5-11(18)17(9(3)4)6-12(19)20/h7-9H,5-6H2,1-4H3,(H,19,20)(H,15,16,21). The second kappa shape index (κ2) is 7.88. The zero-order chi connectivity index (χ0) is 16.9. The number of carbonyl (C=O) groups is 3. The Kier molecular flexibility index (Phi) is 6.48. The van der Waals surface area contributed by atoms with Gasteiger partial charge in [0.15, 0.2) is 5.13 Å². The van der Waals surface area contributed by atoms with Crippen LogP contribution in [0.25, 0.3) is 0 Å². The smallest absolute Gasteiger partial charge is 0.323 e. The van der Waals surface area contributed by atoms with Crippen molar-refractivity contribution >= 4 is 34.3 Å². The molecule has 1 aromatic heterocycles. The van der Waals surface area contributed by atoms with Crippen molar-refractivity contribution in [1.82, 2.24) is 9.88 Å². The van der Waals surface area contributed by atoms with Gasteiger partial charge in [0.1, 0.15) is 6.54 Å². The van der Waals surface area contributed by atoms with E-state index in [-0.39, 0.29) is 36.7 Å². The summed E-state index contributed by atoms with van der Waals surface area (Å²) < 4.78 is 0. The van der Waals surface area contributed by atoms with Gasteiger partial charge in [-0.15, -0.1) is 11.3 Å². The maximum atomic E-state index is 12.2. The lowest BCUT2D eigenvalue weighted by Gasteiger charge is -2.24. The first kappa shape index (κ1) is 18.1. The first-order chi connectivity index (χ1) is 10.2. The van der Waals surface area contributed by atoms with Gasteiger partial charge in [0.2, 0.25) is 11.8 Å². The van der Waals surface area contributed by atoms with Crippen LogP contribution in [0.5, 0.6) is 0 Å². The van der Waals surface area contributed by atoms with Gasteiger partial charge < -0.3 is 15.3 Å². The van der Waals surface area contributed by atoms with Crippen LogP contribution < -0.4 is 5.32 Å². The highest BCUT2D eigenvalue weighted by molar-refractivity contribution is 7.13. The summed E-state index contributed by atoms with van der Waals surface area (Å²) in [6, 6.07) is -0.206. The number of aromatic nitrogens is 1. The minimum atomic E-state index is -1.05. The first-order valence-corrected chi connectivity index (χ1v) is 7.85. The summed E-state index contributed by atoms with van der Waals surface area (Å²) in [6.07, 6.45) is 0.0134. The second-order valence-electron chi connectivity index (χ2n) is 5.47. The number of thiazole rings is 1. The first-order valence-electron chi connectivity index (χ1n) is 6.97. The van der Waals surface area contributed by atoms with Crippen LogP contribution in [0.4, 0.5) is 5.13 Å². The van der Waals surface area contributed by atoms with Crippen LogP contribution in [-0.2, 0) is 20.8 Å². The number of amides is 2. The van der Waals surface area contributed by atoms with E-state index in [1.807, 2.05) is 0 Å². The molecular weight excluding hydrogens is 306 g/mol. The van der Waals surface area contributed by atoms with Crippen molar-refractivity contribution < 1.29 is 19.5 Å². The van der Waals surface area contributed by atoms with E-state index in [4.69, 9.17) is 5.11 Å². The number of hydrogen-bond acceptors (Lipinski definition) is 5. The Hall–Kier alpha value is -1.96. The minimum Gasteiger partial charge on any atom is -0.480 e. The number of carboxylic acids is 1. The number of carboxylic acid groups (broad SMARTS) is 1. The maximum absolute atomic E-state index is 12.2. The Morgan fingerprint density at radius 3 is 2.45 bits per heavy atom. The fourth-order valence-electron chi connectivity index (χ4n) is 1.66. The van der Waals surface area contributed by atoms with E-state index in [1.54, 1.807) is 33.1 Å². The van der Waals surface area contributed by atoms with Crippen molar-refractivity contribution in [2.75, 3.05) is 11.9 Å². The molecule has 0 aliphatic heterocycles. The van der Waals surface area contributed by atoms with Crippen LogP contribution in [0.1, 0.15) is 33.4 Å². The molecule has 7 nitrogen and oxygen atoms in total. The van der Waals surface area contributed by atoms with E-state index in [1.165, 1.54) is 16.2 Å². The highest BCUT2D eigenvalue weighted by Gasteiger charge is 2.21. The average molecular weight is 327 g/mol. The Balaban J connectivity index is 2.70. The summed E-state index contributed by atoms with van der Waals surface area (Å²) in [5.41, 5.74) is 0.519. The molecule has 0 saturated carbocycles. The highest BCUT2D eigenvalue weighted by Crippen LogP contribution is 2.17. The molecule has 0 atom stereocenters. The molecule has 0 bridgehead atoms. The van der Waals surface area contributed by atoms with Gasteiger partial charge in [0, 0.05) is 17.3 Å². The van der Waals surface area contributed by atoms with E-state index < -0.39 is 5.97 Å². The van der Waals surface area contributed by atoms with E-state index in [9.17, 15) is 14.4 Å². The third-order valence-electron chi connectivity index (χ3n) is 2.89. The second-order valence-corrected chi connectivity index (χ2v) is 6.33. The molecule has 0 aliphatic rings. The number of rotatable bonds is 7. The molecule has 2 N–H and O–H groups in total. The number of anilines is 1. The summed E-state index contributed by atoms with van der Waals surface area (Å²) in [7, 11) is 0. The van der Waals surface area contributed by atoms with Gasteiger partial charge in [-0.1, -0.05) is 13.8 Å². The molecule has 0 spiro atoms. The van der Waals surface area contributed by atoms with Crippen molar-refractivity contribution in [2.45, 2.75) is 40.2 Å². The molecule has 22 heavy (non-hydrogen) atoms. The number of carbonyl (C=O) groups excluding carboxylic acids is 2. The number of nitrogens with zero attached hydrogens (tertiary/aromatic N) is 2. The monoisotopic (exact) mass is 327 g/mol. The van der Waals surface area contributed by atoms with Crippen LogP contribution in [0.15, 0.2) is 5.38 Å². The van der Waals surface area contributed by atoms with E-state index in [2.05, 4.69) is 10.3 Å². The molecule has 1 rings (SSSR count). The SMILES string of the molecule is CC(C)C(=O)Nc1nc(CC(=O)N(CC(=O)O)C(C)C)cs1. The molecule has 122 valence electrons. The summed E-state index contributed by atoms with van der Waals surface area (Å²) in [4.78, 5) is 40.0. The highest BCUT2D eigenvalue weighted by atomic mass is 32.1. The normalized spacial score (nSPS) is 10.8. The zero-order valence-corrected chi connectivity index (χ0v) is 13.9. The van der Waals surface area contributed by atoms with Crippen molar-refractivity contribution in [3.8, 4) is 0 Å². The van der Waals surface area contributed by atoms with Crippen LogP contribution in [0.2, 0.25) is 0 Å². The Labute approximate surface area is 133 Å². The molecule has 2 amide bonds. The fraction of sp³-hybridized carbons (Fsp3) is 0.571. The topological polar surface area (TPSA) is 99.6 Å². The lowest BCUT2D eigenvalue weighted by Crippen LogP contribution is -2.41. The van der Waals surface area contributed by atoms with Gasteiger partial charge >= 0.3 is 5.97 Å². The zero-order valence-electron chi connectivity index (χ0n) is 13.1. The largest absolute Gasteiger partial charge is 0.480 e. The van der Waals surface area contributed by atoms with Gasteiger partial charge in [-0.25, -0.2) is 4.98 Å². The molecule has 0 radical (unpaired) electrons. The van der Waals surface area contributed by atoms with E-state index in [0.717, 1.165) is 0 Å². The number of nitrogens with one attached hydrogen (secondary N) is 1. The summed E-state index contributed by atoms with van der Waals surface area (Å²) in [6.45, 7) is 6.74. The van der Waals surface area contributed by atoms with Crippen molar-refractivity contribution in [2.24, 2.45) is 5.92 Å². The molecule has 0 aromatic carbocycles. The van der Waals surface area contributed by atoms with E-state index >= 15 is 0 Å². The van der Waals surface area contributed by atoms with Crippen molar-refractivity contribution in [3.63, 3.8) is 0 Å². The van der Waals surface area contributed by atoms with Gasteiger partial charge in [-0.2, -0.15) is 0 Å². The molecule has 0 fully saturated rings. The molecule has 0 aliphatic carbocycles. The predicted octanol–water partition coefficient (Wildman–Crippen LogP) is 1.60. The lowest BCUT2D eigenvalue weighted by molar-refractivity contribution is -0.145. The molecule has 0 saturated heterocycles. The van der Waals surface area contributed by atoms with Crippen LogP contribution in [0.3, 0.4) is 0 Å². The quantitative estimate of drug-likeness (QED) is 0.792. The van der Waals surface area contributed by atoms with Gasteiger partial charge in [0.25, 0.3) is 0 Å². The summed E-state index contributed by atoms with van der Waals surface area (Å²) in [5.74, 6) is -1.64. The Morgan fingerprint density at radius 2 is 1.95 bits per heavy atom. The summed E-state index contributed by atoms with van der Waals surface area (Å²) >= 11 is 1.24. The molecule has 8 heteroatoms. The van der Waals surface area contributed by atoms with Crippen LogP contribution >= 0.6 is 11.3 Å². The van der Waals surface area contributed by atoms with Crippen LogP contribution in [0, 0.1) is 5.92 Å². The molecular formula is C14H21N3O4S. The Morgan fingerprint density at radius 1 is 1.32 bits per heavy atom. The summed E-state index contributed by atoms with van der Waals surface area (Å²) in [5, 5.41) is 13.6.